The fraction of sp³-hybridized carbons (Fsp3) is 0.688. The fourth-order valence-corrected chi connectivity index (χ4v) is 3.18. The number of carbonyl (C=O) groups excluding carboxylic acids is 1. The third-order valence-electron chi connectivity index (χ3n) is 4.68. The van der Waals surface area contributed by atoms with Gasteiger partial charge in [-0.25, -0.2) is 14.8 Å². The van der Waals surface area contributed by atoms with Crippen molar-refractivity contribution in [3.63, 3.8) is 0 Å². The van der Waals surface area contributed by atoms with Crippen LogP contribution in [0.25, 0.3) is 0 Å². The molecule has 0 aromatic carbocycles. The highest BCUT2D eigenvalue weighted by atomic mass is 16.5. The standard InChI is InChI=1S/C16H25N5O2/c1-16(2)12-9-17-14(18-11-5-7-23-8-6-11)19-13(12)10-21(16)15(22)20(3)4/h9,11H,5-8,10H2,1-4H3,(H,17,18,19). The Labute approximate surface area is 137 Å². The molecule has 23 heavy (non-hydrogen) atoms. The summed E-state index contributed by atoms with van der Waals surface area (Å²) in [5, 5.41) is 3.39. The van der Waals surface area contributed by atoms with Gasteiger partial charge in [-0.1, -0.05) is 0 Å². The number of hydrogen-bond donors (Lipinski definition) is 1. The van der Waals surface area contributed by atoms with Gasteiger partial charge in [0.1, 0.15) is 0 Å². The molecule has 7 nitrogen and oxygen atoms in total. The summed E-state index contributed by atoms with van der Waals surface area (Å²) in [6.07, 6.45) is 3.79. The highest BCUT2D eigenvalue weighted by molar-refractivity contribution is 5.76. The molecule has 7 heteroatoms. The molecule has 1 aromatic heterocycles. The second-order valence-corrected chi connectivity index (χ2v) is 6.91. The lowest BCUT2D eigenvalue weighted by molar-refractivity contribution is 0.0903. The maximum absolute atomic E-state index is 12.4. The number of urea groups is 1. The van der Waals surface area contributed by atoms with Crippen molar-refractivity contribution in [1.29, 1.82) is 0 Å². The zero-order chi connectivity index (χ0) is 16.6. The van der Waals surface area contributed by atoms with Crippen molar-refractivity contribution in [3.05, 3.63) is 17.5 Å². The Hall–Kier alpha value is -1.89. The summed E-state index contributed by atoms with van der Waals surface area (Å²) in [4.78, 5) is 25.0. The van der Waals surface area contributed by atoms with Gasteiger partial charge in [-0.2, -0.15) is 0 Å². The molecular weight excluding hydrogens is 294 g/mol. The van der Waals surface area contributed by atoms with Gasteiger partial charge in [-0.3, -0.25) is 0 Å². The zero-order valence-electron chi connectivity index (χ0n) is 14.3. The van der Waals surface area contributed by atoms with Gasteiger partial charge in [0, 0.05) is 45.1 Å². The molecular formula is C16H25N5O2. The number of carbonyl (C=O) groups is 1. The van der Waals surface area contributed by atoms with Crippen molar-refractivity contribution < 1.29 is 9.53 Å². The van der Waals surface area contributed by atoms with Gasteiger partial charge in [0.2, 0.25) is 5.95 Å². The van der Waals surface area contributed by atoms with Gasteiger partial charge in [-0.15, -0.1) is 0 Å². The highest BCUT2D eigenvalue weighted by Crippen LogP contribution is 2.38. The van der Waals surface area contributed by atoms with Crippen LogP contribution in [-0.4, -0.2) is 59.1 Å². The minimum absolute atomic E-state index is 0.00746. The number of ether oxygens (including phenoxy) is 1. The van der Waals surface area contributed by atoms with Crippen molar-refractivity contribution in [2.45, 2.75) is 44.8 Å². The van der Waals surface area contributed by atoms with Crippen LogP contribution < -0.4 is 5.32 Å². The molecule has 3 rings (SSSR count). The molecule has 2 amide bonds. The van der Waals surface area contributed by atoms with E-state index in [0.717, 1.165) is 37.3 Å². The number of aromatic nitrogens is 2. The largest absolute Gasteiger partial charge is 0.381 e. The van der Waals surface area contributed by atoms with E-state index in [2.05, 4.69) is 15.3 Å². The van der Waals surface area contributed by atoms with Gasteiger partial charge < -0.3 is 19.9 Å². The van der Waals surface area contributed by atoms with E-state index >= 15 is 0 Å². The first kappa shape index (κ1) is 16.0. The summed E-state index contributed by atoms with van der Waals surface area (Å²) in [6, 6.07) is 0.350. The predicted molar refractivity (Wildman–Crippen MR) is 87.1 cm³/mol. The topological polar surface area (TPSA) is 70.6 Å². The molecule has 0 spiro atoms. The number of rotatable bonds is 2. The SMILES string of the molecule is CN(C)C(=O)N1Cc2nc(NC3CCOCC3)ncc2C1(C)C. The number of amides is 2. The van der Waals surface area contributed by atoms with E-state index in [-0.39, 0.29) is 6.03 Å². The van der Waals surface area contributed by atoms with Gasteiger partial charge >= 0.3 is 6.03 Å². The first-order chi connectivity index (χ1) is 10.9. The number of nitrogens with zero attached hydrogens (tertiary/aromatic N) is 4. The molecule has 2 aliphatic heterocycles. The molecule has 1 fully saturated rings. The van der Waals surface area contributed by atoms with E-state index < -0.39 is 5.54 Å². The van der Waals surface area contributed by atoms with Gasteiger partial charge in [0.05, 0.1) is 17.8 Å². The molecule has 0 unspecified atom stereocenters. The Morgan fingerprint density at radius 3 is 2.74 bits per heavy atom. The lowest BCUT2D eigenvalue weighted by Crippen LogP contribution is -2.45. The van der Waals surface area contributed by atoms with Crippen molar-refractivity contribution in [3.8, 4) is 0 Å². The van der Waals surface area contributed by atoms with E-state index in [1.165, 1.54) is 0 Å². The van der Waals surface area contributed by atoms with Crippen molar-refractivity contribution >= 4 is 12.0 Å². The lowest BCUT2D eigenvalue weighted by Gasteiger charge is -2.33. The monoisotopic (exact) mass is 319 g/mol. The minimum Gasteiger partial charge on any atom is -0.381 e. The average molecular weight is 319 g/mol. The molecule has 1 aromatic rings. The third kappa shape index (κ3) is 2.97. The number of nitrogens with one attached hydrogen (secondary N) is 1. The minimum atomic E-state index is -0.395. The molecule has 0 saturated carbocycles. The Morgan fingerprint density at radius 1 is 1.39 bits per heavy atom. The van der Waals surface area contributed by atoms with E-state index in [0.29, 0.717) is 18.5 Å². The fourth-order valence-electron chi connectivity index (χ4n) is 3.18. The van der Waals surface area contributed by atoms with Crippen LogP contribution in [0.3, 0.4) is 0 Å². The van der Waals surface area contributed by atoms with Gasteiger partial charge in [-0.05, 0) is 26.7 Å². The Balaban J connectivity index is 1.80. The first-order valence-electron chi connectivity index (χ1n) is 8.09. The molecule has 0 aliphatic carbocycles. The van der Waals surface area contributed by atoms with E-state index in [1.807, 2.05) is 24.9 Å². The van der Waals surface area contributed by atoms with Gasteiger partial charge in [0.25, 0.3) is 0 Å². The van der Waals surface area contributed by atoms with Crippen molar-refractivity contribution in [2.75, 3.05) is 32.6 Å². The van der Waals surface area contributed by atoms with Gasteiger partial charge in [0.15, 0.2) is 0 Å². The second-order valence-electron chi connectivity index (χ2n) is 6.91. The summed E-state index contributed by atoms with van der Waals surface area (Å²) in [5.41, 5.74) is 1.55. The Morgan fingerprint density at radius 2 is 2.09 bits per heavy atom. The smallest absolute Gasteiger partial charge is 0.320 e. The van der Waals surface area contributed by atoms with E-state index in [9.17, 15) is 4.79 Å². The number of anilines is 1. The molecule has 126 valence electrons. The maximum atomic E-state index is 12.4. The first-order valence-corrected chi connectivity index (χ1v) is 8.09. The third-order valence-corrected chi connectivity index (χ3v) is 4.68. The molecule has 1 saturated heterocycles. The van der Waals surface area contributed by atoms with Crippen LogP contribution in [0.5, 0.6) is 0 Å². The van der Waals surface area contributed by atoms with Crippen LogP contribution in [-0.2, 0) is 16.8 Å². The van der Waals surface area contributed by atoms with Crippen molar-refractivity contribution in [1.82, 2.24) is 19.8 Å². The number of fused-ring (bicyclic) bond motifs is 1. The normalized spacial score (nSPS) is 20.3. The summed E-state index contributed by atoms with van der Waals surface area (Å²) in [7, 11) is 3.54. The summed E-state index contributed by atoms with van der Waals surface area (Å²) < 4.78 is 5.37. The van der Waals surface area contributed by atoms with Crippen LogP contribution >= 0.6 is 0 Å². The molecule has 0 atom stereocenters. The Bertz CT molecular complexity index is 596. The molecule has 0 radical (unpaired) electrons. The van der Waals surface area contributed by atoms with E-state index in [4.69, 9.17) is 4.74 Å². The molecule has 3 heterocycles. The van der Waals surface area contributed by atoms with E-state index in [1.54, 1.807) is 19.0 Å². The van der Waals surface area contributed by atoms with Crippen molar-refractivity contribution in [2.24, 2.45) is 0 Å². The predicted octanol–water partition coefficient (Wildman–Crippen LogP) is 1.80. The summed E-state index contributed by atoms with van der Waals surface area (Å²) in [5.74, 6) is 0.644. The van der Waals surface area contributed by atoms with Crippen LogP contribution in [0.15, 0.2) is 6.20 Å². The van der Waals surface area contributed by atoms with Crippen LogP contribution in [0, 0.1) is 0 Å². The molecule has 1 N–H and O–H groups in total. The second kappa shape index (κ2) is 5.96. The highest BCUT2D eigenvalue weighted by Gasteiger charge is 2.42. The Kier molecular flexibility index (Phi) is 4.14. The molecule has 2 aliphatic rings. The quantitative estimate of drug-likeness (QED) is 0.900. The average Bonchev–Trinajstić information content (AvgIpc) is 2.78. The van der Waals surface area contributed by atoms with Crippen LogP contribution in [0.2, 0.25) is 0 Å². The maximum Gasteiger partial charge on any atom is 0.320 e. The summed E-state index contributed by atoms with van der Waals surface area (Å²) in [6.45, 7) is 6.15. The summed E-state index contributed by atoms with van der Waals surface area (Å²) >= 11 is 0. The van der Waals surface area contributed by atoms with Crippen LogP contribution in [0.1, 0.15) is 37.9 Å². The van der Waals surface area contributed by atoms with Crippen LogP contribution in [0.4, 0.5) is 10.7 Å². The zero-order valence-corrected chi connectivity index (χ0v) is 14.3. The lowest BCUT2D eigenvalue weighted by atomic mass is 9.97. The molecule has 0 bridgehead atoms. The number of hydrogen-bond acceptors (Lipinski definition) is 5.